The zero-order valence-corrected chi connectivity index (χ0v) is 13.1. The van der Waals surface area contributed by atoms with E-state index in [1.807, 2.05) is 0 Å². The Morgan fingerprint density at radius 2 is 1.71 bits per heavy atom. The second-order valence-electron chi connectivity index (χ2n) is 5.23. The van der Waals surface area contributed by atoms with Gasteiger partial charge in [-0.05, 0) is 31.0 Å². The first kappa shape index (κ1) is 17.3. The monoisotopic (exact) mass is 326 g/mol. The third-order valence-corrected chi connectivity index (χ3v) is 3.59. The first-order chi connectivity index (χ1) is 11.6. The molecule has 0 spiro atoms. The molecule has 2 aromatic carbocycles. The van der Waals surface area contributed by atoms with E-state index in [0.29, 0.717) is 31.4 Å². The van der Waals surface area contributed by atoms with E-state index in [4.69, 9.17) is 0 Å². The Morgan fingerprint density at radius 3 is 2.38 bits per heavy atom. The zero-order valence-electron chi connectivity index (χ0n) is 13.1. The fourth-order valence-corrected chi connectivity index (χ4v) is 2.41. The fraction of sp³-hybridized carbons (Fsp3) is 0.222. The van der Waals surface area contributed by atoms with Crippen LogP contribution in [-0.2, 0) is 4.79 Å². The van der Waals surface area contributed by atoms with Crippen molar-refractivity contribution in [3.63, 3.8) is 0 Å². The van der Waals surface area contributed by atoms with Gasteiger partial charge in [0.15, 0.2) is 0 Å². The van der Waals surface area contributed by atoms with Crippen molar-refractivity contribution < 1.29 is 14.5 Å². The number of nitro groups is 1. The number of amides is 1. The van der Waals surface area contributed by atoms with Crippen LogP contribution in [0.15, 0.2) is 54.6 Å². The van der Waals surface area contributed by atoms with Crippen LogP contribution in [-0.4, -0.2) is 23.7 Å². The molecule has 6 nitrogen and oxygen atoms in total. The highest BCUT2D eigenvalue weighted by molar-refractivity contribution is 6.07. The molecule has 2 rings (SSSR count). The highest BCUT2D eigenvalue weighted by Crippen LogP contribution is 2.29. The van der Waals surface area contributed by atoms with Crippen LogP contribution in [0.3, 0.4) is 0 Å². The number of unbranched alkanes of at least 4 members (excludes halogenated alkanes) is 2. The largest absolute Gasteiger partial charge is 0.303 e. The number of rotatable bonds is 8. The first-order valence-corrected chi connectivity index (χ1v) is 7.69. The van der Waals surface area contributed by atoms with Crippen molar-refractivity contribution in [3.05, 3.63) is 70.3 Å². The number of nitrogens with zero attached hydrogens (tertiary/aromatic N) is 2. The third kappa shape index (κ3) is 4.25. The Balaban J connectivity index is 2.34. The zero-order chi connectivity index (χ0) is 17.4. The van der Waals surface area contributed by atoms with E-state index < -0.39 is 4.92 Å². The predicted molar refractivity (Wildman–Crippen MR) is 91.1 cm³/mol. The molecular weight excluding hydrogens is 308 g/mol. The van der Waals surface area contributed by atoms with Crippen molar-refractivity contribution in [3.8, 4) is 0 Å². The molecule has 2 aromatic rings. The third-order valence-electron chi connectivity index (χ3n) is 3.59. The van der Waals surface area contributed by atoms with Crippen molar-refractivity contribution in [2.45, 2.75) is 19.3 Å². The Hall–Kier alpha value is -3.02. The summed E-state index contributed by atoms with van der Waals surface area (Å²) in [5.74, 6) is -0.295. The van der Waals surface area contributed by atoms with E-state index in [2.05, 4.69) is 0 Å². The maximum absolute atomic E-state index is 12.8. The maximum atomic E-state index is 12.8. The lowest BCUT2D eigenvalue weighted by Gasteiger charge is -2.22. The quantitative estimate of drug-likeness (QED) is 0.321. The number of aldehydes is 1. The highest BCUT2D eigenvalue weighted by atomic mass is 16.6. The van der Waals surface area contributed by atoms with Crippen LogP contribution in [0.25, 0.3) is 0 Å². The van der Waals surface area contributed by atoms with E-state index in [0.717, 1.165) is 6.29 Å². The summed E-state index contributed by atoms with van der Waals surface area (Å²) in [6.45, 7) is 0.312. The summed E-state index contributed by atoms with van der Waals surface area (Å²) < 4.78 is 0. The van der Waals surface area contributed by atoms with Crippen LogP contribution in [0.2, 0.25) is 0 Å². The van der Waals surface area contributed by atoms with Gasteiger partial charge in [0.2, 0.25) is 0 Å². The molecule has 1 amide bonds. The molecule has 0 N–H and O–H groups in total. The second kappa shape index (κ2) is 8.57. The van der Waals surface area contributed by atoms with Gasteiger partial charge in [0, 0.05) is 24.6 Å². The summed E-state index contributed by atoms with van der Waals surface area (Å²) in [4.78, 5) is 35.5. The van der Waals surface area contributed by atoms with Gasteiger partial charge in [0.1, 0.15) is 12.0 Å². The van der Waals surface area contributed by atoms with Gasteiger partial charge in [-0.3, -0.25) is 14.9 Å². The molecule has 0 fully saturated rings. The molecule has 0 atom stereocenters. The van der Waals surface area contributed by atoms with Crippen molar-refractivity contribution in [2.75, 3.05) is 11.4 Å². The van der Waals surface area contributed by atoms with Gasteiger partial charge >= 0.3 is 0 Å². The molecule has 0 radical (unpaired) electrons. The smallest absolute Gasteiger partial charge is 0.292 e. The number of anilines is 1. The lowest BCUT2D eigenvalue weighted by Crippen LogP contribution is -2.32. The normalized spacial score (nSPS) is 10.2. The van der Waals surface area contributed by atoms with Crippen molar-refractivity contribution >= 4 is 23.6 Å². The van der Waals surface area contributed by atoms with Gasteiger partial charge in [-0.1, -0.05) is 30.3 Å². The molecule has 0 bridgehead atoms. The lowest BCUT2D eigenvalue weighted by molar-refractivity contribution is -0.384. The standard InChI is InChI=1S/C18H18N2O4/c21-14-8-2-7-13-19(18(22)15-9-3-1-4-10-15)16-11-5-6-12-17(16)20(23)24/h1,3-6,9-12,14H,2,7-8,13H2. The number of carbonyl (C=O) groups is 2. The summed E-state index contributed by atoms with van der Waals surface area (Å²) in [6.07, 6.45) is 2.45. The van der Waals surface area contributed by atoms with Crippen LogP contribution in [0.5, 0.6) is 0 Å². The average molecular weight is 326 g/mol. The Bertz CT molecular complexity index is 716. The molecule has 6 heteroatoms. The molecular formula is C18H18N2O4. The summed E-state index contributed by atoms with van der Waals surface area (Å²) in [5, 5.41) is 11.3. The average Bonchev–Trinajstić information content (AvgIpc) is 2.62. The molecule has 124 valence electrons. The number of para-hydroxylation sites is 2. The van der Waals surface area contributed by atoms with Gasteiger partial charge < -0.3 is 9.69 Å². The number of hydrogen-bond donors (Lipinski definition) is 0. The number of hydrogen-bond acceptors (Lipinski definition) is 4. The number of carbonyl (C=O) groups excluding carboxylic acids is 2. The minimum atomic E-state index is -0.494. The molecule has 0 aliphatic rings. The van der Waals surface area contributed by atoms with Crippen LogP contribution in [0, 0.1) is 10.1 Å². The van der Waals surface area contributed by atoms with Crippen molar-refractivity contribution in [2.24, 2.45) is 0 Å². The summed E-state index contributed by atoms with van der Waals surface area (Å²) in [7, 11) is 0. The summed E-state index contributed by atoms with van der Waals surface area (Å²) in [6, 6.07) is 14.8. The number of benzene rings is 2. The highest BCUT2D eigenvalue weighted by Gasteiger charge is 2.24. The van der Waals surface area contributed by atoms with E-state index in [-0.39, 0.29) is 17.3 Å². The Labute approximate surface area is 139 Å². The van der Waals surface area contributed by atoms with E-state index in [1.165, 1.54) is 11.0 Å². The Morgan fingerprint density at radius 1 is 1.04 bits per heavy atom. The van der Waals surface area contributed by atoms with E-state index >= 15 is 0 Å². The molecule has 0 saturated carbocycles. The molecule has 24 heavy (non-hydrogen) atoms. The topological polar surface area (TPSA) is 80.5 Å². The predicted octanol–water partition coefficient (Wildman–Crippen LogP) is 3.61. The molecule has 0 aliphatic carbocycles. The minimum Gasteiger partial charge on any atom is -0.303 e. The minimum absolute atomic E-state index is 0.114. The van der Waals surface area contributed by atoms with Gasteiger partial charge in [0.05, 0.1) is 4.92 Å². The van der Waals surface area contributed by atoms with Crippen LogP contribution in [0.4, 0.5) is 11.4 Å². The van der Waals surface area contributed by atoms with Crippen molar-refractivity contribution in [1.29, 1.82) is 0 Å². The number of nitro benzene ring substituents is 1. The van der Waals surface area contributed by atoms with Gasteiger partial charge in [-0.15, -0.1) is 0 Å². The lowest BCUT2D eigenvalue weighted by atomic mass is 10.1. The second-order valence-corrected chi connectivity index (χ2v) is 5.23. The first-order valence-electron chi connectivity index (χ1n) is 7.69. The van der Waals surface area contributed by atoms with Gasteiger partial charge in [0.25, 0.3) is 11.6 Å². The van der Waals surface area contributed by atoms with Gasteiger partial charge in [-0.25, -0.2) is 0 Å². The van der Waals surface area contributed by atoms with E-state index in [9.17, 15) is 19.7 Å². The SMILES string of the molecule is O=CCCCCN(C(=O)c1ccccc1)c1ccccc1[N+](=O)[O-]. The summed E-state index contributed by atoms with van der Waals surface area (Å²) in [5.41, 5.74) is 0.616. The van der Waals surface area contributed by atoms with Crippen molar-refractivity contribution in [1.82, 2.24) is 0 Å². The van der Waals surface area contributed by atoms with Crippen LogP contribution >= 0.6 is 0 Å². The molecule has 0 heterocycles. The summed E-state index contributed by atoms with van der Waals surface area (Å²) >= 11 is 0. The molecule has 0 saturated heterocycles. The van der Waals surface area contributed by atoms with Gasteiger partial charge in [-0.2, -0.15) is 0 Å². The van der Waals surface area contributed by atoms with Crippen LogP contribution in [0.1, 0.15) is 29.6 Å². The molecule has 0 aromatic heterocycles. The van der Waals surface area contributed by atoms with Crippen LogP contribution < -0.4 is 4.90 Å². The molecule has 0 unspecified atom stereocenters. The fourth-order valence-electron chi connectivity index (χ4n) is 2.41. The van der Waals surface area contributed by atoms with E-state index in [1.54, 1.807) is 48.5 Å². The Kier molecular flexibility index (Phi) is 6.19. The maximum Gasteiger partial charge on any atom is 0.292 e. The molecule has 0 aliphatic heterocycles.